The van der Waals surface area contributed by atoms with E-state index in [0.717, 1.165) is 41.5 Å². The van der Waals surface area contributed by atoms with Gasteiger partial charge in [-0.25, -0.2) is 4.79 Å². The van der Waals surface area contributed by atoms with Gasteiger partial charge in [-0.1, -0.05) is 55.0 Å². The molecule has 0 radical (unpaired) electrons. The van der Waals surface area contributed by atoms with Crippen LogP contribution in [0.2, 0.25) is 0 Å². The maximum absolute atomic E-state index is 12.7. The van der Waals surface area contributed by atoms with Crippen LogP contribution in [0.15, 0.2) is 48.5 Å². The highest BCUT2D eigenvalue weighted by Crippen LogP contribution is 2.44. The third kappa shape index (κ3) is 5.00. The molecule has 2 aliphatic rings. The van der Waals surface area contributed by atoms with Gasteiger partial charge in [0.25, 0.3) is 0 Å². The first-order valence-corrected chi connectivity index (χ1v) is 12.3. The van der Waals surface area contributed by atoms with Crippen molar-refractivity contribution in [3.63, 3.8) is 0 Å². The lowest BCUT2D eigenvalue weighted by atomic mass is 9.84. The molecule has 1 unspecified atom stereocenters. The Kier molecular flexibility index (Phi) is 6.93. The molecule has 7 nitrogen and oxygen atoms in total. The van der Waals surface area contributed by atoms with E-state index in [-0.39, 0.29) is 17.3 Å². The molecule has 0 spiro atoms. The maximum Gasteiger partial charge on any atom is 0.407 e. The molecule has 4 rings (SSSR count). The summed E-state index contributed by atoms with van der Waals surface area (Å²) in [5.41, 5.74) is 4.39. The summed E-state index contributed by atoms with van der Waals surface area (Å²) >= 11 is 1.71. The van der Waals surface area contributed by atoms with Crippen molar-refractivity contribution >= 4 is 29.7 Å². The molecule has 2 aromatic rings. The van der Waals surface area contributed by atoms with E-state index in [1.165, 1.54) is 0 Å². The number of carboxylic acid groups (broad SMARTS) is 1. The number of nitrogens with one attached hydrogen (secondary N) is 2. The number of fused-ring (bicyclic) bond motifs is 3. The Bertz CT molecular complexity index is 1000. The van der Waals surface area contributed by atoms with Gasteiger partial charge >= 0.3 is 12.1 Å². The number of rotatable bonds is 9. The summed E-state index contributed by atoms with van der Waals surface area (Å²) in [5, 5.41) is 14.5. The predicted octanol–water partition coefficient (Wildman–Crippen LogP) is 3.77. The summed E-state index contributed by atoms with van der Waals surface area (Å²) in [6.07, 6.45) is 3.83. The Morgan fingerprint density at radius 2 is 1.70 bits per heavy atom. The number of aliphatic carboxylic acids is 1. The molecule has 174 valence electrons. The molecular weight excluding hydrogens is 440 g/mol. The van der Waals surface area contributed by atoms with Crippen LogP contribution in [-0.4, -0.2) is 53.3 Å². The van der Waals surface area contributed by atoms with E-state index < -0.39 is 30.4 Å². The van der Waals surface area contributed by atoms with Crippen molar-refractivity contribution in [2.45, 2.75) is 42.4 Å². The standard InChI is InChI=1S/C25H28N2O5S/c1-33-25(11-6-12-25)15-26-23(30)21(13-22(28)29)27-24(31)32-14-20-18-9-4-2-7-16(18)17-8-3-5-10-19(17)20/h2-5,7-10,20-21H,6,11-15H2,1H3,(H,26,30)(H,27,31)(H,28,29). The Morgan fingerprint density at radius 3 is 2.21 bits per heavy atom. The van der Waals surface area contributed by atoms with E-state index in [1.54, 1.807) is 11.8 Å². The number of thioether (sulfide) groups is 1. The summed E-state index contributed by atoms with van der Waals surface area (Å²) in [6.45, 7) is 0.548. The Balaban J connectivity index is 1.38. The molecular formula is C25H28N2O5S. The van der Waals surface area contributed by atoms with Crippen LogP contribution in [0, 0.1) is 0 Å². The molecule has 1 fully saturated rings. The molecule has 1 atom stereocenters. The van der Waals surface area contributed by atoms with Crippen LogP contribution in [-0.2, 0) is 14.3 Å². The van der Waals surface area contributed by atoms with Crippen LogP contribution in [0.25, 0.3) is 11.1 Å². The fourth-order valence-electron chi connectivity index (χ4n) is 4.56. The van der Waals surface area contributed by atoms with Crippen molar-refractivity contribution in [2.75, 3.05) is 19.4 Å². The monoisotopic (exact) mass is 468 g/mol. The van der Waals surface area contributed by atoms with E-state index >= 15 is 0 Å². The second-order valence-corrected chi connectivity index (χ2v) is 9.85. The zero-order chi connectivity index (χ0) is 23.4. The molecule has 2 aromatic carbocycles. The molecule has 0 aliphatic heterocycles. The number of amides is 2. The number of carbonyl (C=O) groups is 3. The molecule has 0 heterocycles. The van der Waals surface area contributed by atoms with E-state index in [1.807, 2.05) is 54.8 Å². The number of carbonyl (C=O) groups excluding carboxylic acids is 2. The van der Waals surface area contributed by atoms with Crippen molar-refractivity contribution in [2.24, 2.45) is 0 Å². The minimum absolute atomic E-state index is 0.00714. The number of ether oxygens (including phenoxy) is 1. The first-order valence-electron chi connectivity index (χ1n) is 11.1. The smallest absolute Gasteiger partial charge is 0.407 e. The van der Waals surface area contributed by atoms with Crippen LogP contribution in [0.1, 0.15) is 42.7 Å². The molecule has 0 bridgehead atoms. The summed E-state index contributed by atoms with van der Waals surface area (Å²) in [7, 11) is 0. The SMILES string of the molecule is CSC1(CNC(=O)C(CC(=O)O)NC(=O)OCC2c3ccccc3-c3ccccc32)CCC1. The lowest BCUT2D eigenvalue weighted by molar-refractivity contribution is -0.139. The molecule has 1 saturated carbocycles. The number of alkyl carbamates (subject to hydrolysis) is 1. The minimum atomic E-state index is -1.20. The third-order valence-corrected chi connectivity index (χ3v) is 8.03. The van der Waals surface area contributed by atoms with Crippen LogP contribution in [0.5, 0.6) is 0 Å². The van der Waals surface area contributed by atoms with E-state index in [9.17, 15) is 19.5 Å². The first-order chi connectivity index (χ1) is 15.9. The summed E-state index contributed by atoms with van der Waals surface area (Å²) in [6, 6.07) is 14.8. The molecule has 8 heteroatoms. The van der Waals surface area contributed by atoms with E-state index in [4.69, 9.17) is 4.74 Å². The van der Waals surface area contributed by atoms with Crippen molar-refractivity contribution < 1.29 is 24.2 Å². The Hall–Kier alpha value is -3.00. The fourth-order valence-corrected chi connectivity index (χ4v) is 5.48. The maximum atomic E-state index is 12.7. The first kappa shape index (κ1) is 23.2. The largest absolute Gasteiger partial charge is 0.481 e. The van der Waals surface area contributed by atoms with Gasteiger partial charge in [-0.3, -0.25) is 9.59 Å². The van der Waals surface area contributed by atoms with Gasteiger partial charge in [-0.05, 0) is 41.4 Å². The van der Waals surface area contributed by atoms with Gasteiger partial charge in [0.1, 0.15) is 12.6 Å². The van der Waals surface area contributed by atoms with E-state index in [2.05, 4.69) is 10.6 Å². The molecule has 2 amide bonds. The van der Waals surface area contributed by atoms with E-state index in [0.29, 0.717) is 6.54 Å². The Labute approximate surface area is 197 Å². The quantitative estimate of drug-likeness (QED) is 0.518. The van der Waals surface area contributed by atoms with Crippen molar-refractivity contribution in [1.82, 2.24) is 10.6 Å². The second kappa shape index (κ2) is 9.87. The minimum Gasteiger partial charge on any atom is -0.481 e. The normalized spacial score (nSPS) is 16.6. The highest BCUT2D eigenvalue weighted by molar-refractivity contribution is 8.00. The van der Waals surface area contributed by atoms with Crippen LogP contribution in [0.4, 0.5) is 4.79 Å². The predicted molar refractivity (Wildman–Crippen MR) is 127 cm³/mol. The highest BCUT2D eigenvalue weighted by Gasteiger charge is 2.37. The fraction of sp³-hybridized carbons (Fsp3) is 0.400. The van der Waals surface area contributed by atoms with Gasteiger partial charge in [0.15, 0.2) is 0 Å². The number of carboxylic acids is 1. The lowest BCUT2D eigenvalue weighted by Gasteiger charge is -2.40. The number of hydrogen-bond acceptors (Lipinski definition) is 5. The van der Waals surface area contributed by atoms with Gasteiger partial charge in [0.2, 0.25) is 5.91 Å². The van der Waals surface area contributed by atoms with Crippen LogP contribution >= 0.6 is 11.8 Å². The molecule has 0 saturated heterocycles. The van der Waals surface area contributed by atoms with Crippen molar-refractivity contribution in [3.05, 3.63) is 59.7 Å². The van der Waals surface area contributed by atoms with Gasteiger partial charge in [-0.2, -0.15) is 11.8 Å². The van der Waals surface area contributed by atoms with Gasteiger partial charge in [0, 0.05) is 17.2 Å². The topological polar surface area (TPSA) is 105 Å². The van der Waals surface area contributed by atoms with Crippen molar-refractivity contribution in [1.29, 1.82) is 0 Å². The summed E-state index contributed by atoms with van der Waals surface area (Å²) in [4.78, 5) is 36.5. The Morgan fingerprint density at radius 1 is 1.09 bits per heavy atom. The molecule has 2 aliphatic carbocycles. The second-order valence-electron chi connectivity index (χ2n) is 8.58. The average Bonchev–Trinajstić information content (AvgIpc) is 3.10. The third-order valence-electron chi connectivity index (χ3n) is 6.61. The molecule has 33 heavy (non-hydrogen) atoms. The molecule has 3 N–H and O–H groups in total. The zero-order valence-corrected chi connectivity index (χ0v) is 19.3. The number of benzene rings is 2. The van der Waals surface area contributed by atoms with Crippen LogP contribution in [0.3, 0.4) is 0 Å². The zero-order valence-electron chi connectivity index (χ0n) is 18.5. The number of hydrogen-bond donors (Lipinski definition) is 3. The van der Waals surface area contributed by atoms with Gasteiger partial charge in [0.05, 0.1) is 6.42 Å². The van der Waals surface area contributed by atoms with Gasteiger partial charge in [-0.15, -0.1) is 0 Å². The van der Waals surface area contributed by atoms with Crippen LogP contribution < -0.4 is 10.6 Å². The molecule has 0 aromatic heterocycles. The average molecular weight is 469 g/mol. The summed E-state index contributed by atoms with van der Waals surface area (Å²) < 4.78 is 5.48. The van der Waals surface area contributed by atoms with Gasteiger partial charge < -0.3 is 20.5 Å². The van der Waals surface area contributed by atoms with Crippen molar-refractivity contribution in [3.8, 4) is 11.1 Å². The summed E-state index contributed by atoms with van der Waals surface area (Å²) in [5.74, 6) is -1.79. The lowest BCUT2D eigenvalue weighted by Crippen LogP contribution is -2.52. The highest BCUT2D eigenvalue weighted by atomic mass is 32.2.